The minimum atomic E-state index is 0.666. The van der Waals surface area contributed by atoms with Crippen molar-refractivity contribution < 1.29 is 4.74 Å². The summed E-state index contributed by atoms with van der Waals surface area (Å²) in [7, 11) is 5.60. The lowest BCUT2D eigenvalue weighted by atomic mass is 10.1. The van der Waals surface area contributed by atoms with E-state index in [0.29, 0.717) is 6.61 Å². The van der Waals surface area contributed by atoms with E-state index in [9.17, 15) is 0 Å². The highest BCUT2D eigenvalue weighted by molar-refractivity contribution is 5.79. The van der Waals surface area contributed by atoms with Gasteiger partial charge in [0, 0.05) is 33.8 Å². The Bertz CT molecular complexity index is 434. The fourth-order valence-corrected chi connectivity index (χ4v) is 1.94. The fourth-order valence-electron chi connectivity index (χ4n) is 1.94. The maximum absolute atomic E-state index is 5.01. The van der Waals surface area contributed by atoms with Crippen LogP contribution in [0.3, 0.4) is 0 Å². The van der Waals surface area contributed by atoms with Crippen molar-refractivity contribution in [3.8, 4) is 0 Å². The largest absolute Gasteiger partial charge is 0.383 e. The highest BCUT2D eigenvalue weighted by Gasteiger charge is 2.01. The summed E-state index contributed by atoms with van der Waals surface area (Å²) >= 11 is 0. The smallest absolute Gasteiger partial charge is 0.191 e. The van der Waals surface area contributed by atoms with Gasteiger partial charge in [-0.25, -0.2) is 0 Å². The van der Waals surface area contributed by atoms with E-state index < -0.39 is 0 Å². The average molecular weight is 292 g/mol. The minimum Gasteiger partial charge on any atom is -0.383 e. The van der Waals surface area contributed by atoms with Gasteiger partial charge in [-0.3, -0.25) is 4.99 Å². The topological polar surface area (TPSA) is 48.9 Å². The lowest BCUT2D eigenvalue weighted by molar-refractivity contribution is 0.203. The van der Waals surface area contributed by atoms with Gasteiger partial charge in [-0.1, -0.05) is 31.2 Å². The molecule has 1 aromatic carbocycles. The summed E-state index contributed by atoms with van der Waals surface area (Å²) in [6, 6.07) is 8.64. The van der Waals surface area contributed by atoms with Gasteiger partial charge in [0.05, 0.1) is 6.61 Å². The van der Waals surface area contributed by atoms with Crippen LogP contribution in [0.25, 0.3) is 0 Å². The standard InChI is InChI=1S/C16H28N4O/c1-5-20(3)13-15-8-6-7-14(11-15)12-19-16(17-2)18-9-10-21-4/h6-8,11H,5,9-10,12-13H2,1-4H3,(H2,17,18,19). The molecule has 0 aliphatic heterocycles. The lowest BCUT2D eigenvalue weighted by Gasteiger charge is -2.15. The molecule has 1 rings (SSSR count). The first-order valence-corrected chi connectivity index (χ1v) is 7.39. The van der Waals surface area contributed by atoms with E-state index in [0.717, 1.165) is 32.1 Å². The Labute approximate surface area is 128 Å². The third-order valence-electron chi connectivity index (χ3n) is 3.27. The van der Waals surface area contributed by atoms with Gasteiger partial charge in [0.1, 0.15) is 0 Å². The van der Waals surface area contributed by atoms with Gasteiger partial charge in [0.25, 0.3) is 0 Å². The number of nitrogens with one attached hydrogen (secondary N) is 2. The summed E-state index contributed by atoms with van der Waals surface area (Å²) in [5.74, 6) is 0.795. The number of guanidine groups is 1. The molecular formula is C16H28N4O. The van der Waals surface area contributed by atoms with Crippen LogP contribution in [-0.2, 0) is 17.8 Å². The van der Waals surface area contributed by atoms with Crippen molar-refractivity contribution >= 4 is 5.96 Å². The van der Waals surface area contributed by atoms with E-state index >= 15 is 0 Å². The lowest BCUT2D eigenvalue weighted by Crippen LogP contribution is -2.38. The Morgan fingerprint density at radius 2 is 2.05 bits per heavy atom. The zero-order valence-corrected chi connectivity index (χ0v) is 13.6. The van der Waals surface area contributed by atoms with E-state index in [1.54, 1.807) is 14.2 Å². The van der Waals surface area contributed by atoms with Gasteiger partial charge in [0.15, 0.2) is 5.96 Å². The van der Waals surface area contributed by atoms with Crippen LogP contribution in [0.1, 0.15) is 18.1 Å². The van der Waals surface area contributed by atoms with E-state index in [2.05, 4.69) is 58.8 Å². The monoisotopic (exact) mass is 292 g/mol. The van der Waals surface area contributed by atoms with Crippen molar-refractivity contribution in [3.63, 3.8) is 0 Å². The molecule has 0 aliphatic rings. The Kier molecular flexibility index (Phi) is 8.47. The molecule has 1 aromatic rings. The SMILES string of the molecule is CCN(C)Cc1cccc(CNC(=NC)NCCOC)c1. The molecule has 0 amide bonds. The number of hydrogen-bond acceptors (Lipinski definition) is 3. The van der Waals surface area contributed by atoms with E-state index in [4.69, 9.17) is 4.74 Å². The molecule has 0 radical (unpaired) electrons. The summed E-state index contributed by atoms with van der Waals surface area (Å²) in [5.41, 5.74) is 2.59. The van der Waals surface area contributed by atoms with Crippen molar-refractivity contribution in [2.45, 2.75) is 20.0 Å². The second kappa shape index (κ2) is 10.2. The summed E-state index contributed by atoms with van der Waals surface area (Å²) in [4.78, 5) is 6.48. The van der Waals surface area contributed by atoms with Gasteiger partial charge in [-0.2, -0.15) is 0 Å². The molecule has 0 saturated carbocycles. The van der Waals surface area contributed by atoms with E-state index in [-0.39, 0.29) is 0 Å². The zero-order chi connectivity index (χ0) is 15.5. The third kappa shape index (κ3) is 7.11. The molecule has 2 N–H and O–H groups in total. The normalized spacial score (nSPS) is 11.8. The molecule has 0 spiro atoms. The Balaban J connectivity index is 2.48. The van der Waals surface area contributed by atoms with Crippen LogP contribution < -0.4 is 10.6 Å². The molecule has 5 nitrogen and oxygen atoms in total. The predicted octanol–water partition coefficient (Wildman–Crippen LogP) is 1.45. The molecule has 0 aromatic heterocycles. The number of benzene rings is 1. The van der Waals surface area contributed by atoms with Gasteiger partial charge in [-0.15, -0.1) is 0 Å². The minimum absolute atomic E-state index is 0.666. The second-order valence-electron chi connectivity index (χ2n) is 5.00. The van der Waals surface area contributed by atoms with Crippen molar-refractivity contribution in [3.05, 3.63) is 35.4 Å². The number of rotatable bonds is 8. The molecule has 5 heteroatoms. The third-order valence-corrected chi connectivity index (χ3v) is 3.27. The first kappa shape index (κ1) is 17.5. The van der Waals surface area contributed by atoms with Crippen LogP contribution in [0.2, 0.25) is 0 Å². The van der Waals surface area contributed by atoms with Crippen molar-refractivity contribution in [1.82, 2.24) is 15.5 Å². The maximum Gasteiger partial charge on any atom is 0.191 e. The number of aliphatic imine (C=N–C) groups is 1. The first-order valence-electron chi connectivity index (χ1n) is 7.39. The summed E-state index contributed by atoms with van der Waals surface area (Å²) < 4.78 is 5.01. The van der Waals surface area contributed by atoms with Gasteiger partial charge < -0.3 is 20.3 Å². The Hall–Kier alpha value is -1.59. The number of ether oxygens (including phenoxy) is 1. The van der Waals surface area contributed by atoms with Gasteiger partial charge >= 0.3 is 0 Å². The number of nitrogens with zero attached hydrogens (tertiary/aromatic N) is 2. The van der Waals surface area contributed by atoms with Crippen LogP contribution in [0.4, 0.5) is 0 Å². The molecule has 0 aliphatic carbocycles. The van der Waals surface area contributed by atoms with Crippen LogP contribution in [0.5, 0.6) is 0 Å². The summed E-state index contributed by atoms with van der Waals surface area (Å²) in [6.45, 7) is 6.37. The molecule has 0 fully saturated rings. The van der Waals surface area contributed by atoms with Gasteiger partial charge in [-0.05, 0) is 24.7 Å². The molecule has 0 atom stereocenters. The van der Waals surface area contributed by atoms with Crippen molar-refractivity contribution in [2.75, 3.05) is 40.9 Å². The van der Waals surface area contributed by atoms with Gasteiger partial charge in [0.2, 0.25) is 0 Å². The number of hydrogen-bond donors (Lipinski definition) is 2. The highest BCUT2D eigenvalue weighted by Crippen LogP contribution is 2.07. The maximum atomic E-state index is 5.01. The fraction of sp³-hybridized carbons (Fsp3) is 0.562. The molecule has 0 bridgehead atoms. The average Bonchev–Trinajstić information content (AvgIpc) is 2.51. The second-order valence-corrected chi connectivity index (χ2v) is 5.00. The molecule has 0 heterocycles. The molecule has 0 unspecified atom stereocenters. The van der Waals surface area contributed by atoms with E-state index in [1.807, 2.05) is 0 Å². The van der Waals surface area contributed by atoms with Crippen LogP contribution in [0, 0.1) is 0 Å². The number of methoxy groups -OCH3 is 1. The zero-order valence-electron chi connectivity index (χ0n) is 13.6. The summed E-state index contributed by atoms with van der Waals surface area (Å²) in [6.07, 6.45) is 0. The highest BCUT2D eigenvalue weighted by atomic mass is 16.5. The van der Waals surface area contributed by atoms with Crippen molar-refractivity contribution in [1.29, 1.82) is 0 Å². The predicted molar refractivity (Wildman–Crippen MR) is 88.5 cm³/mol. The molecule has 0 saturated heterocycles. The summed E-state index contributed by atoms with van der Waals surface area (Å²) in [5, 5.41) is 6.51. The van der Waals surface area contributed by atoms with Crippen LogP contribution in [-0.4, -0.2) is 51.8 Å². The molecular weight excluding hydrogens is 264 g/mol. The first-order chi connectivity index (χ1) is 10.2. The Morgan fingerprint density at radius 1 is 1.29 bits per heavy atom. The van der Waals surface area contributed by atoms with Crippen molar-refractivity contribution in [2.24, 2.45) is 4.99 Å². The molecule has 21 heavy (non-hydrogen) atoms. The van der Waals surface area contributed by atoms with Crippen LogP contribution in [0.15, 0.2) is 29.3 Å². The molecule has 118 valence electrons. The quantitative estimate of drug-likeness (QED) is 0.432. The Morgan fingerprint density at radius 3 is 2.71 bits per heavy atom. The van der Waals surface area contributed by atoms with Crippen LogP contribution >= 0.6 is 0 Å². The van der Waals surface area contributed by atoms with E-state index in [1.165, 1.54) is 11.1 Å².